The van der Waals surface area contributed by atoms with E-state index in [0.29, 0.717) is 41.0 Å². The van der Waals surface area contributed by atoms with Crippen LogP contribution in [0.3, 0.4) is 0 Å². The van der Waals surface area contributed by atoms with Crippen molar-refractivity contribution >= 4 is 23.8 Å². The van der Waals surface area contributed by atoms with Crippen LogP contribution in [-0.4, -0.2) is 113 Å². The van der Waals surface area contributed by atoms with Crippen molar-refractivity contribution in [3.8, 4) is 33.8 Å². The Kier molecular flexibility index (Phi) is 29.7. The summed E-state index contributed by atoms with van der Waals surface area (Å²) < 4.78 is 51.2. The minimum Gasteiger partial charge on any atom is -0.727 e. The van der Waals surface area contributed by atoms with E-state index in [1.807, 2.05) is 99.7 Å². The Hall–Kier alpha value is -7.44. The molecule has 6 aromatic rings. The van der Waals surface area contributed by atoms with Crippen LogP contribution in [0.4, 0.5) is 8.78 Å². The molecule has 21 heteroatoms. The van der Waals surface area contributed by atoms with Crippen molar-refractivity contribution < 1.29 is 76.7 Å². The molecule has 0 aliphatic carbocycles. The zero-order valence-corrected chi connectivity index (χ0v) is 58.5. The van der Waals surface area contributed by atoms with Gasteiger partial charge >= 0.3 is 30.8 Å². The summed E-state index contributed by atoms with van der Waals surface area (Å²) in [5, 5.41) is 28.7. The van der Waals surface area contributed by atoms with E-state index >= 15 is 8.78 Å². The van der Waals surface area contributed by atoms with Gasteiger partial charge in [0.2, 0.25) is 11.8 Å². The van der Waals surface area contributed by atoms with E-state index in [0.717, 1.165) is 113 Å². The molecule has 0 saturated carbocycles. The van der Waals surface area contributed by atoms with Crippen LogP contribution in [0.15, 0.2) is 82.6 Å². The van der Waals surface area contributed by atoms with E-state index in [2.05, 4.69) is 20.4 Å². The first-order valence-corrected chi connectivity index (χ1v) is 32.6. The molecule has 0 radical (unpaired) electrons. The normalized spacial score (nSPS) is 14.1. The number of nitrogens with one attached hydrogen (secondary N) is 2. The Labute approximate surface area is 570 Å². The van der Waals surface area contributed by atoms with Crippen LogP contribution >= 0.6 is 0 Å². The van der Waals surface area contributed by atoms with Gasteiger partial charge in [0.15, 0.2) is 0 Å². The van der Waals surface area contributed by atoms with Gasteiger partial charge in [-0.25, -0.2) is 8.78 Å². The number of hydrogen-bond donors (Lipinski definition) is 4. The number of aromatic nitrogens is 2. The fraction of sp³-hybridized carbons (Fsp3) is 0.486. The summed E-state index contributed by atoms with van der Waals surface area (Å²) in [5.41, 5.74) is 11.1. The molecule has 0 spiro atoms. The minimum absolute atomic E-state index is 0. The van der Waals surface area contributed by atoms with Crippen molar-refractivity contribution in [1.29, 1.82) is 0 Å². The average Bonchev–Trinajstić information content (AvgIpc) is 0.807. The van der Waals surface area contributed by atoms with Crippen molar-refractivity contribution in [3.63, 3.8) is 0 Å². The molecule has 2 amide bonds. The van der Waals surface area contributed by atoms with E-state index in [1.165, 1.54) is 22.0 Å². The first kappa shape index (κ1) is 78.3. The first-order chi connectivity index (χ1) is 44.6. The number of carbonyl (C=O) groups excluding carboxylic acids is 3. The maximum absolute atomic E-state index is 16.1. The number of carbonyl (C=O) groups is 4. The van der Waals surface area contributed by atoms with Crippen LogP contribution in [0.1, 0.15) is 164 Å². The molecule has 2 unspecified atom stereocenters. The number of halogens is 2. The van der Waals surface area contributed by atoms with E-state index in [4.69, 9.17) is 24.7 Å². The number of methoxy groups -OCH3 is 2. The summed E-state index contributed by atoms with van der Waals surface area (Å²) in [7, 11) is 3.19. The van der Waals surface area contributed by atoms with Gasteiger partial charge in [0, 0.05) is 48.7 Å². The van der Waals surface area contributed by atoms with Gasteiger partial charge in [-0.2, -0.15) is 0 Å². The monoisotopic (exact) mass is 1310 g/mol. The average molecular weight is 1310 g/mol. The number of rotatable bonds is 27. The summed E-state index contributed by atoms with van der Waals surface area (Å²) in [6, 6.07) is 13.7. The molecule has 4 atom stereocenters. The number of pyridine rings is 2. The Morgan fingerprint density at radius 1 is 0.568 bits per heavy atom. The molecule has 8 rings (SSSR count). The standard InChI is InChI=1S/C38H50FN3O5.C36H46FN3O5.Li.H2O2/c1-9-47-35(44)21-31(30-20-29(18-26(6)37(30)39)36-24(4)11-12-33(46-8)27(36)7)40-38(45)32(17-23(2)3)42-22-28(25(5)19-34(42)43)13-16-41-14-10-15-41;1-21(2)15-30(40-20-26(23(4)17-32(40)41)11-14-39-12-8-13-39)36(44)38-29(19-33(42)43)28-18-27(16-24(5)35(28)37)34-22(3)9-10-31(45-7)25(34)6;;1-2/h11-12,18-20,22-23,31-32H,9-10,13-17,21H2,1-8H3,(H,40,45);9-10,16-18,20-21,29-30H,8,11-15,19H2,1-7H3,(H,38,44)(H,42,43);;1-2H/q;;+1;/p-1/t31-,32?;29-,30?;;/m00../s1. The van der Waals surface area contributed by atoms with Crippen molar-refractivity contribution in [1.82, 2.24) is 29.6 Å². The molecule has 4 heterocycles. The van der Waals surface area contributed by atoms with Gasteiger partial charge < -0.3 is 59.4 Å². The Bertz CT molecular complexity index is 3780. The predicted octanol–water partition coefficient (Wildman–Crippen LogP) is 8.43. The predicted molar refractivity (Wildman–Crippen MR) is 360 cm³/mol. The molecule has 2 saturated heterocycles. The molecule has 4 N–H and O–H groups in total. The number of carboxylic acids is 1. The molecular weight excluding hydrogens is 1210 g/mol. The van der Waals surface area contributed by atoms with Gasteiger partial charge in [-0.05, 0) is 253 Å². The fourth-order valence-corrected chi connectivity index (χ4v) is 12.7. The Morgan fingerprint density at radius 3 is 1.27 bits per heavy atom. The number of nitrogens with zero attached hydrogens (tertiary/aromatic N) is 4. The Balaban J connectivity index is 0.000000332. The molecule has 2 aromatic heterocycles. The number of benzene rings is 4. The maximum Gasteiger partial charge on any atom is 1.00 e. The third-order valence-electron chi connectivity index (χ3n) is 18.0. The summed E-state index contributed by atoms with van der Waals surface area (Å²) in [4.78, 5) is 84.6. The second-order valence-corrected chi connectivity index (χ2v) is 25.9. The largest absolute Gasteiger partial charge is 1.00 e. The van der Waals surface area contributed by atoms with Gasteiger partial charge in [0.1, 0.15) is 35.2 Å². The topological polar surface area (TPSA) is 234 Å². The first-order valence-electron chi connectivity index (χ1n) is 32.6. The maximum atomic E-state index is 16.1. The third-order valence-corrected chi connectivity index (χ3v) is 18.0. The molecule has 510 valence electrons. The second-order valence-electron chi connectivity index (χ2n) is 25.9. The molecular formula is C74H97F2LiN6O12. The minimum atomic E-state index is -1.18. The van der Waals surface area contributed by atoms with Crippen molar-refractivity contribution in [2.24, 2.45) is 11.8 Å². The van der Waals surface area contributed by atoms with E-state index in [1.54, 1.807) is 77.6 Å². The smallest absolute Gasteiger partial charge is 0.727 e. The van der Waals surface area contributed by atoms with Crippen molar-refractivity contribution in [3.05, 3.63) is 172 Å². The second kappa shape index (κ2) is 36.1. The number of aryl methyl sites for hydroxylation is 6. The Morgan fingerprint density at radius 2 is 0.947 bits per heavy atom. The van der Waals surface area contributed by atoms with Crippen molar-refractivity contribution in [2.75, 3.05) is 60.1 Å². The van der Waals surface area contributed by atoms with Crippen LogP contribution in [-0.2, 0) is 36.8 Å². The zero-order chi connectivity index (χ0) is 69.4. The number of ether oxygens (including phenoxy) is 3. The fourth-order valence-electron chi connectivity index (χ4n) is 12.7. The summed E-state index contributed by atoms with van der Waals surface area (Å²) >= 11 is 0. The van der Waals surface area contributed by atoms with Gasteiger partial charge in [-0.1, -0.05) is 39.8 Å². The zero-order valence-electron chi connectivity index (χ0n) is 58.5. The summed E-state index contributed by atoms with van der Waals surface area (Å²) in [6.45, 7) is 30.7. The summed E-state index contributed by atoms with van der Waals surface area (Å²) in [5.74, 6) is -2.30. The van der Waals surface area contributed by atoms with Crippen LogP contribution in [0.2, 0.25) is 0 Å². The van der Waals surface area contributed by atoms with Crippen LogP contribution < -0.4 is 55.3 Å². The molecule has 2 fully saturated rings. The van der Waals surface area contributed by atoms with Crippen molar-refractivity contribution in [2.45, 2.75) is 166 Å². The number of likely N-dealkylation sites (tertiary alicyclic amines) is 2. The van der Waals surface area contributed by atoms with E-state index < -0.39 is 66.0 Å². The molecule has 2 aliphatic heterocycles. The molecule has 95 heavy (non-hydrogen) atoms. The number of esters is 1. The molecule has 0 bridgehead atoms. The number of aliphatic carboxylic acids is 1. The molecule has 18 nitrogen and oxygen atoms in total. The molecule has 4 aromatic carbocycles. The van der Waals surface area contributed by atoms with E-state index in [-0.39, 0.29) is 66.0 Å². The van der Waals surface area contributed by atoms with Gasteiger partial charge in [-0.3, -0.25) is 28.8 Å². The van der Waals surface area contributed by atoms with Gasteiger partial charge in [0.25, 0.3) is 11.1 Å². The van der Waals surface area contributed by atoms with Crippen LogP contribution in [0.5, 0.6) is 11.5 Å². The van der Waals surface area contributed by atoms with Crippen LogP contribution in [0, 0.1) is 78.9 Å². The number of hydrogen-bond acceptors (Lipinski definition) is 13. The third kappa shape index (κ3) is 20.1. The van der Waals surface area contributed by atoms with E-state index in [9.17, 15) is 33.9 Å². The SMILES string of the molecule is CCOC(=O)C[C@H](NC(=O)C(CC(C)C)n1cc(CCN2CCC2)c(C)cc1=O)c1cc(-c2c(C)ccc(OC)c2C)cc(C)c1F.COc1ccc(C)c(-c2cc(C)c(F)c([C@H](CC(=O)O)NC(=O)C(CC(C)C)n3cc(CCN4CCC4)c(C)cc3=O)c2)c1C.[Li+].[O-]O. The molecule has 2 aliphatic rings. The number of amides is 2. The van der Waals surface area contributed by atoms with Crippen LogP contribution in [0.25, 0.3) is 22.3 Å². The summed E-state index contributed by atoms with van der Waals surface area (Å²) in [6.07, 6.45) is 7.43. The number of carboxylic acid groups (broad SMARTS) is 1. The van der Waals surface area contributed by atoms with Gasteiger partial charge in [0.05, 0.1) is 45.8 Å². The van der Waals surface area contributed by atoms with Gasteiger partial charge in [-0.15, -0.1) is 0 Å². The quantitative estimate of drug-likeness (QED) is 0.0164.